The van der Waals surface area contributed by atoms with Crippen molar-refractivity contribution >= 4 is 29.8 Å². The number of aliphatic hydroxyl groups excluding tert-OH is 13. The number of hydrogen-bond donors (Lipinski definition) is 16. The van der Waals surface area contributed by atoms with Gasteiger partial charge in [-0.25, -0.2) is 9.59 Å². The SMILES string of the molecule is COc1cc(/C=C/C(=O)OC2[C@H](O[C@H]3C(O)[C@H](O)C(COC(=O)/C=C/c4ccc(O[C@@H]5OC(CO)[C@@H](O)C(O)[C@@H]5O)cc4)O[C@H]3OC3=C(c4ccc(O)c(O)c4)[OH+]C4C=C(O)C=C(O[C@@H]5OC(CO)[C@@H](O)C(O)[C@@H]5O)C4=C3)OC[C@@H](O)[C@H]2O)cc(OC)c1O. The first kappa shape index (κ1) is 65.8. The summed E-state index contributed by atoms with van der Waals surface area (Å²) in [5.41, 5.74) is 0.674. The van der Waals surface area contributed by atoms with Crippen LogP contribution in [0.25, 0.3) is 17.9 Å². The molecular weight excluding hydrogens is 1190 g/mol. The number of phenolic OH excluding ortho intramolecular Hbond substituents is 3. The third kappa shape index (κ3) is 14.7. The summed E-state index contributed by atoms with van der Waals surface area (Å²) >= 11 is 0. The highest BCUT2D eigenvalue weighted by atomic mass is 16.8. The zero-order chi connectivity index (χ0) is 64.1. The van der Waals surface area contributed by atoms with Crippen LogP contribution in [0.5, 0.6) is 34.5 Å². The molecule has 0 spiro atoms. The number of hydrogen-bond acceptors (Lipinski definition) is 30. The Hall–Kier alpha value is -7.64. The number of phenols is 3. The van der Waals surface area contributed by atoms with E-state index >= 15 is 0 Å². The molecule has 89 heavy (non-hydrogen) atoms. The molecular formula is C58H67O31+. The minimum atomic E-state index is -2.16. The van der Waals surface area contributed by atoms with Crippen molar-refractivity contribution in [3.05, 3.63) is 125 Å². The van der Waals surface area contributed by atoms with Crippen LogP contribution < -0.4 is 14.2 Å². The molecule has 0 amide bonds. The fraction of sp³-hybridized carbons (Fsp3) is 0.448. The fourth-order valence-electron chi connectivity index (χ4n) is 9.96. The maximum absolute atomic E-state index is 13.5. The molecule has 4 saturated heterocycles. The van der Waals surface area contributed by atoms with Crippen molar-refractivity contribution < 1.29 is 153 Å². The highest BCUT2D eigenvalue weighted by Gasteiger charge is 2.53. The summed E-state index contributed by atoms with van der Waals surface area (Å²) in [6.45, 7) is -3.00. The minimum absolute atomic E-state index is 0.000513. The number of esters is 2. The van der Waals surface area contributed by atoms with E-state index < -0.39 is 178 Å². The third-order valence-corrected chi connectivity index (χ3v) is 14.9. The molecule has 31 nitrogen and oxygen atoms in total. The number of carbonyl (C=O) groups excluding carboxylic acids is 2. The summed E-state index contributed by atoms with van der Waals surface area (Å²) in [5, 5.41) is 170. The maximum atomic E-state index is 13.5. The van der Waals surface area contributed by atoms with E-state index in [9.17, 15) is 91.3 Å². The minimum Gasteiger partial charge on any atom is -0.571 e. The van der Waals surface area contributed by atoms with Gasteiger partial charge in [-0.2, -0.15) is 0 Å². The molecule has 6 aliphatic rings. The molecule has 0 aromatic heterocycles. The molecule has 17 N–H and O–H groups in total. The molecule has 3 aromatic carbocycles. The molecule has 20 atom stereocenters. The van der Waals surface area contributed by atoms with Crippen LogP contribution in [0.4, 0.5) is 0 Å². The number of allylic oxidation sites excluding steroid dienone is 2. The van der Waals surface area contributed by atoms with Gasteiger partial charge in [0.15, 0.2) is 41.5 Å². The van der Waals surface area contributed by atoms with E-state index in [1.807, 2.05) is 0 Å². The second kappa shape index (κ2) is 28.5. The van der Waals surface area contributed by atoms with Gasteiger partial charge in [0.05, 0.1) is 51.3 Å². The van der Waals surface area contributed by atoms with Gasteiger partial charge in [-0.15, -0.1) is 0 Å². The molecule has 8 unspecified atom stereocenters. The molecule has 5 heterocycles. The van der Waals surface area contributed by atoms with Gasteiger partial charge in [0, 0.05) is 30.4 Å². The van der Waals surface area contributed by atoms with Crippen molar-refractivity contribution in [2.24, 2.45) is 0 Å². The largest absolute Gasteiger partial charge is 0.571 e. The van der Waals surface area contributed by atoms with Gasteiger partial charge in [0.2, 0.25) is 36.5 Å². The standard InChI is InChI=1S/C58H66O31/c1-77-34-13-24(14-35(78-2)43(34)68)6-12-41(66)88-53-42(67)31(64)21-80-57(53)89-54-49(74)46(71)39(22-79-40(65)11-5-23-3-8-27(9-4-23)81-55-50(75)47(72)44(69)37(19-59)85-55)87-58(54)84-36-18-28-32(82-52(36)25-7-10-29(62)30(63)15-25)16-26(61)17-33(28)83-56-51(76)48(73)45(70)38(20-60)86-56/h3-18,31-32,37-39,42,44-51,53-64,67-76H,19-22H2,1-2H3/p+1/b11-5+,12-6+/t31-,32?,37?,38?,39?,42-,44-,45-,46-,47?,48?,49?,50+,51+,53?,54+,55-,56-,57+,58-/m1/s1. The quantitative estimate of drug-likeness (QED) is 0.0226. The lowest BCUT2D eigenvalue weighted by Crippen LogP contribution is -2.63. The Morgan fingerprint density at radius 1 is 0.596 bits per heavy atom. The van der Waals surface area contributed by atoms with Gasteiger partial charge in [0.25, 0.3) is 0 Å². The summed E-state index contributed by atoms with van der Waals surface area (Å²) in [5.74, 6) is -4.96. The lowest BCUT2D eigenvalue weighted by Gasteiger charge is -2.45. The van der Waals surface area contributed by atoms with Crippen molar-refractivity contribution in [1.29, 1.82) is 0 Å². The van der Waals surface area contributed by atoms with Gasteiger partial charge in [-0.3, -0.25) is 0 Å². The van der Waals surface area contributed by atoms with Crippen molar-refractivity contribution in [2.75, 3.05) is 40.6 Å². The molecule has 5 aliphatic heterocycles. The van der Waals surface area contributed by atoms with Crippen LogP contribution in [0.15, 0.2) is 108 Å². The molecule has 484 valence electrons. The van der Waals surface area contributed by atoms with E-state index in [2.05, 4.69) is 0 Å². The fourth-order valence-corrected chi connectivity index (χ4v) is 9.96. The zero-order valence-corrected chi connectivity index (χ0v) is 46.9. The topological polar surface area (TPSA) is 481 Å². The summed E-state index contributed by atoms with van der Waals surface area (Å²) in [7, 11) is 2.56. The third-order valence-electron chi connectivity index (χ3n) is 14.9. The van der Waals surface area contributed by atoms with Crippen LogP contribution in [-0.2, 0) is 52.2 Å². The number of rotatable bonds is 20. The molecule has 0 saturated carbocycles. The predicted octanol–water partition coefficient (Wildman–Crippen LogP) is -3.53. The average molecular weight is 1260 g/mol. The summed E-state index contributed by atoms with van der Waals surface area (Å²) in [4.78, 5) is 26.8. The molecule has 31 heteroatoms. The molecule has 3 aromatic rings. The number of ether oxygens (including phenoxy) is 13. The number of benzene rings is 3. The molecule has 9 rings (SSSR count). The smallest absolute Gasteiger partial charge is 0.331 e. The Balaban J connectivity index is 1.01. The van der Waals surface area contributed by atoms with Crippen molar-refractivity contribution in [3.63, 3.8) is 0 Å². The number of carbonyl (C=O) groups is 2. The van der Waals surface area contributed by atoms with Crippen LogP contribution >= 0.6 is 0 Å². The Morgan fingerprint density at radius 3 is 1.81 bits per heavy atom. The summed E-state index contributed by atoms with van der Waals surface area (Å²) in [6.07, 6.45) is -27.3. The van der Waals surface area contributed by atoms with Crippen LogP contribution in [0, 0.1) is 0 Å². The van der Waals surface area contributed by atoms with Crippen molar-refractivity contribution in [3.8, 4) is 34.5 Å². The Labute approximate surface area is 503 Å². The highest BCUT2D eigenvalue weighted by molar-refractivity contribution is 5.88. The number of aromatic hydroxyl groups is 3. The Bertz CT molecular complexity index is 3150. The van der Waals surface area contributed by atoms with Crippen LogP contribution in [0.1, 0.15) is 16.7 Å². The number of fused-ring (bicyclic) bond motifs is 1. The predicted molar refractivity (Wildman–Crippen MR) is 294 cm³/mol. The van der Waals surface area contributed by atoms with Gasteiger partial charge in [0.1, 0.15) is 103 Å². The van der Waals surface area contributed by atoms with Gasteiger partial charge in [-0.05, 0) is 59.7 Å². The van der Waals surface area contributed by atoms with E-state index in [1.165, 1.54) is 81.0 Å². The van der Waals surface area contributed by atoms with Gasteiger partial charge in [-0.1, -0.05) is 12.1 Å². The van der Waals surface area contributed by atoms with E-state index in [4.69, 9.17) is 61.6 Å². The zero-order valence-electron chi connectivity index (χ0n) is 46.9. The average Bonchev–Trinajstić information content (AvgIpc) is 1.20. The molecule has 0 bridgehead atoms. The van der Waals surface area contributed by atoms with E-state index in [0.29, 0.717) is 5.56 Å². The van der Waals surface area contributed by atoms with E-state index in [1.54, 1.807) is 0 Å². The first-order chi connectivity index (χ1) is 42.5. The number of methoxy groups -OCH3 is 2. The van der Waals surface area contributed by atoms with E-state index in [-0.39, 0.29) is 57.0 Å². The normalized spacial score (nSPS) is 33.9. The summed E-state index contributed by atoms with van der Waals surface area (Å²) < 4.78 is 73.4. The van der Waals surface area contributed by atoms with Crippen molar-refractivity contribution in [2.45, 2.75) is 123 Å². The summed E-state index contributed by atoms with van der Waals surface area (Å²) in [6, 6.07) is 12.0. The van der Waals surface area contributed by atoms with Crippen LogP contribution in [0.2, 0.25) is 0 Å². The highest BCUT2D eigenvalue weighted by Crippen LogP contribution is 2.42. The Kier molecular flexibility index (Phi) is 21.0. The lowest BCUT2D eigenvalue weighted by atomic mass is 9.96. The number of aliphatic hydroxyl groups is 15. The van der Waals surface area contributed by atoms with Crippen LogP contribution in [-0.4, -0.2) is 262 Å². The Morgan fingerprint density at radius 2 is 1.19 bits per heavy atom. The molecule has 1 aliphatic carbocycles. The van der Waals surface area contributed by atoms with Crippen LogP contribution in [0.3, 0.4) is 0 Å². The monoisotopic (exact) mass is 1260 g/mol. The lowest BCUT2D eigenvalue weighted by molar-refractivity contribution is -0.351. The molecule has 0 radical (unpaired) electrons. The van der Waals surface area contributed by atoms with E-state index in [0.717, 1.165) is 30.4 Å². The first-order valence-electron chi connectivity index (χ1n) is 27.4. The first-order valence-corrected chi connectivity index (χ1v) is 27.4. The second-order valence-corrected chi connectivity index (χ2v) is 20.9. The van der Waals surface area contributed by atoms with Gasteiger partial charge < -0.3 is 143 Å². The van der Waals surface area contributed by atoms with Gasteiger partial charge >= 0.3 is 17.7 Å². The maximum Gasteiger partial charge on any atom is 0.331 e. The van der Waals surface area contributed by atoms with Crippen molar-refractivity contribution in [1.82, 2.24) is 0 Å². The second-order valence-electron chi connectivity index (χ2n) is 20.9. The molecule has 4 fully saturated rings.